The maximum atomic E-state index is 14.3. The molecular formula is C61H84O23. The van der Waals surface area contributed by atoms with Gasteiger partial charge in [0, 0.05) is 10.8 Å². The Morgan fingerprint density at radius 2 is 1.21 bits per heavy atom. The predicted molar refractivity (Wildman–Crippen MR) is 289 cm³/mol. The molecule has 10 rings (SSSR count). The number of esters is 2. The molecule has 3 saturated heterocycles. The number of allylic oxidation sites excluding steroid dienone is 1. The number of rotatable bonds is 13. The molecule has 8 aliphatic rings. The largest absolute Gasteiger partial charge is 0.479 e. The number of hydrogen-bond donors (Lipinski definition) is 12. The summed E-state index contributed by atoms with van der Waals surface area (Å²) in [6.45, 7) is 12.0. The molecule has 466 valence electrons. The Kier molecular flexibility index (Phi) is 17.3. The van der Waals surface area contributed by atoms with E-state index in [1.165, 1.54) is 0 Å². The lowest BCUT2D eigenvalue weighted by atomic mass is 9.32. The monoisotopic (exact) mass is 1180 g/mol. The van der Waals surface area contributed by atoms with Gasteiger partial charge >= 0.3 is 17.9 Å². The minimum Gasteiger partial charge on any atom is -0.479 e. The lowest BCUT2D eigenvalue weighted by Gasteiger charge is -2.73. The third-order valence-corrected chi connectivity index (χ3v) is 21.8. The fourth-order valence-corrected chi connectivity index (χ4v) is 17.0. The highest BCUT2D eigenvalue weighted by Crippen LogP contribution is 2.76. The fraction of sp³-hybridized carbons (Fsp3) is 0.721. The van der Waals surface area contributed by atoms with Crippen molar-refractivity contribution in [3.8, 4) is 0 Å². The highest BCUT2D eigenvalue weighted by atomic mass is 16.8. The molecule has 0 bridgehead atoms. The molecule has 26 atom stereocenters. The van der Waals surface area contributed by atoms with Crippen molar-refractivity contribution in [2.75, 3.05) is 19.8 Å². The van der Waals surface area contributed by atoms with Crippen LogP contribution in [0.4, 0.5) is 0 Å². The van der Waals surface area contributed by atoms with Gasteiger partial charge in [-0.15, -0.1) is 0 Å². The van der Waals surface area contributed by atoms with Crippen molar-refractivity contribution in [1.29, 1.82) is 0 Å². The Labute approximate surface area is 487 Å². The number of carbonyl (C=O) groups is 3. The number of hydrogen-bond acceptors (Lipinski definition) is 22. The summed E-state index contributed by atoms with van der Waals surface area (Å²) in [7, 11) is 0. The zero-order valence-electron chi connectivity index (χ0n) is 48.3. The maximum absolute atomic E-state index is 14.3. The summed E-state index contributed by atoms with van der Waals surface area (Å²) >= 11 is 0. The third kappa shape index (κ3) is 9.98. The molecule has 0 radical (unpaired) electrons. The molecule has 5 aliphatic carbocycles. The number of benzene rings is 2. The molecule has 2 aromatic carbocycles. The van der Waals surface area contributed by atoms with Crippen molar-refractivity contribution < 1.29 is 114 Å². The van der Waals surface area contributed by atoms with Crippen LogP contribution in [0.1, 0.15) is 108 Å². The summed E-state index contributed by atoms with van der Waals surface area (Å²) in [6.07, 6.45) is -27.9. The van der Waals surface area contributed by atoms with Crippen LogP contribution in [0.2, 0.25) is 0 Å². The maximum Gasteiger partial charge on any atom is 0.338 e. The van der Waals surface area contributed by atoms with Crippen molar-refractivity contribution in [2.45, 2.75) is 204 Å². The molecule has 84 heavy (non-hydrogen) atoms. The quantitative estimate of drug-likeness (QED) is 0.0755. The lowest BCUT2D eigenvalue weighted by molar-refractivity contribution is -0.392. The molecule has 23 heteroatoms. The first-order chi connectivity index (χ1) is 39.5. The van der Waals surface area contributed by atoms with Gasteiger partial charge in [0.25, 0.3) is 0 Å². The zero-order chi connectivity index (χ0) is 61.0. The second-order valence-corrected chi connectivity index (χ2v) is 26.8. The summed E-state index contributed by atoms with van der Waals surface area (Å²) in [4.78, 5) is 41.2. The lowest BCUT2D eigenvalue weighted by Crippen LogP contribution is -2.76. The molecule has 12 N–H and O–H groups in total. The third-order valence-electron chi connectivity index (χ3n) is 21.8. The van der Waals surface area contributed by atoms with Gasteiger partial charge in [0.15, 0.2) is 31.1 Å². The van der Waals surface area contributed by atoms with Crippen LogP contribution in [-0.4, -0.2) is 216 Å². The topological polar surface area (TPSA) is 368 Å². The molecule has 8 unspecified atom stereocenters. The van der Waals surface area contributed by atoms with E-state index in [-0.39, 0.29) is 29.4 Å². The second kappa shape index (κ2) is 23.1. The van der Waals surface area contributed by atoms with E-state index in [2.05, 4.69) is 19.9 Å². The standard InChI is InChI=1S/C61H84O23/c1-56(2)24-31-30-18-19-35-58(5)22-21-36(79-55-45(82-54-41(69)39(67)38(66)33(25-62)78-54)43(42(70)44(81-55)50(73)74)80-53-40(68)37(65)32(64)26-77-53)57(3,4)34(58)20-23-59(35,6)60(30,7)46(71)47(72)61(31,27-63)49(84-52(76)29-16-12-9-13-17-29)48(56)83-51(75)28-14-10-8-11-15-28/h8-18,31-49,53-55,62-72H,19-27H2,1-7H3,(H,73,74)/t31?,32-,33?,34?,35?,36-,37-,38-,39-,40?,41?,42+,43-,44?,45?,46-,47+,48-,49-,53-,54-,55+,58-,59+,60-,61-/m0/s1. The van der Waals surface area contributed by atoms with Gasteiger partial charge in [-0.1, -0.05) is 96.5 Å². The molecular weight excluding hydrogens is 1100 g/mol. The highest BCUT2D eigenvalue weighted by Gasteiger charge is 2.76. The Balaban J connectivity index is 0.977. The Hall–Kier alpha value is -4.09. The zero-order valence-corrected chi connectivity index (χ0v) is 48.3. The normalized spacial score (nSPS) is 46.9. The molecule has 4 saturated carbocycles. The first-order valence-corrected chi connectivity index (χ1v) is 29.2. The van der Waals surface area contributed by atoms with E-state index < -0.39 is 193 Å². The van der Waals surface area contributed by atoms with Gasteiger partial charge < -0.3 is 99.2 Å². The van der Waals surface area contributed by atoms with Crippen LogP contribution < -0.4 is 0 Å². The highest BCUT2D eigenvalue weighted by molar-refractivity contribution is 5.90. The van der Waals surface area contributed by atoms with Gasteiger partial charge in [0.1, 0.15) is 67.1 Å². The Morgan fingerprint density at radius 1 is 0.619 bits per heavy atom. The number of aliphatic hydroxyl groups is 11. The van der Waals surface area contributed by atoms with E-state index in [1.54, 1.807) is 60.7 Å². The summed E-state index contributed by atoms with van der Waals surface area (Å²) in [5.41, 5.74) is -4.72. The van der Waals surface area contributed by atoms with Crippen molar-refractivity contribution in [3.63, 3.8) is 0 Å². The number of fused-ring (bicyclic) bond motifs is 7. The van der Waals surface area contributed by atoms with Crippen LogP contribution in [0.25, 0.3) is 0 Å². The Morgan fingerprint density at radius 3 is 1.81 bits per heavy atom. The van der Waals surface area contributed by atoms with Gasteiger partial charge in [-0.25, -0.2) is 14.4 Å². The number of aliphatic hydroxyl groups excluding tert-OH is 11. The van der Waals surface area contributed by atoms with Crippen molar-refractivity contribution in [3.05, 3.63) is 83.4 Å². The fourth-order valence-electron chi connectivity index (χ4n) is 17.0. The van der Waals surface area contributed by atoms with Crippen LogP contribution in [-0.2, 0) is 42.7 Å². The first-order valence-electron chi connectivity index (χ1n) is 29.2. The van der Waals surface area contributed by atoms with Gasteiger partial charge in [0.05, 0.1) is 54.7 Å². The van der Waals surface area contributed by atoms with Gasteiger partial charge in [-0.3, -0.25) is 0 Å². The smallest absolute Gasteiger partial charge is 0.338 e. The van der Waals surface area contributed by atoms with E-state index in [4.69, 9.17) is 37.9 Å². The molecule has 3 aliphatic heterocycles. The van der Waals surface area contributed by atoms with Crippen LogP contribution in [0, 0.1) is 50.2 Å². The van der Waals surface area contributed by atoms with E-state index >= 15 is 0 Å². The van der Waals surface area contributed by atoms with E-state index in [0.29, 0.717) is 32.1 Å². The summed E-state index contributed by atoms with van der Waals surface area (Å²) < 4.78 is 49.3. The number of carboxylic acid groups (broad SMARTS) is 1. The number of carbonyl (C=O) groups excluding carboxylic acids is 2. The molecule has 0 amide bonds. The van der Waals surface area contributed by atoms with Crippen LogP contribution in [0.15, 0.2) is 72.3 Å². The molecule has 0 aromatic heterocycles. The van der Waals surface area contributed by atoms with E-state index in [0.717, 1.165) is 5.57 Å². The van der Waals surface area contributed by atoms with E-state index in [9.17, 15) is 75.7 Å². The van der Waals surface area contributed by atoms with E-state index in [1.807, 2.05) is 34.6 Å². The molecule has 2 aromatic rings. The number of ether oxygens (including phenoxy) is 8. The van der Waals surface area contributed by atoms with Crippen LogP contribution in [0.3, 0.4) is 0 Å². The van der Waals surface area contributed by atoms with Crippen LogP contribution in [0.5, 0.6) is 0 Å². The minimum atomic E-state index is -2.13. The average Bonchev–Trinajstić information content (AvgIpc) is 0.672. The van der Waals surface area contributed by atoms with Crippen molar-refractivity contribution >= 4 is 17.9 Å². The van der Waals surface area contributed by atoms with Gasteiger partial charge in [-0.2, -0.15) is 0 Å². The van der Waals surface area contributed by atoms with Gasteiger partial charge in [-0.05, 0) is 96.8 Å². The minimum absolute atomic E-state index is 0.168. The second-order valence-electron chi connectivity index (χ2n) is 26.8. The van der Waals surface area contributed by atoms with Crippen molar-refractivity contribution in [1.82, 2.24) is 0 Å². The number of aliphatic carboxylic acids is 1. The van der Waals surface area contributed by atoms with Crippen LogP contribution >= 0.6 is 0 Å². The van der Waals surface area contributed by atoms with Crippen molar-refractivity contribution in [2.24, 2.45) is 50.2 Å². The molecule has 3 heterocycles. The predicted octanol–water partition coefficient (Wildman–Crippen LogP) is 0.958. The molecule has 7 fully saturated rings. The summed E-state index contributed by atoms with van der Waals surface area (Å²) in [5.74, 6) is -4.16. The summed E-state index contributed by atoms with van der Waals surface area (Å²) in [6, 6.07) is 16.6. The van der Waals surface area contributed by atoms with Gasteiger partial charge in [0.2, 0.25) is 0 Å². The summed E-state index contributed by atoms with van der Waals surface area (Å²) in [5, 5.41) is 135. The average molecular weight is 1190 g/mol. The Bertz CT molecular complexity index is 2730. The molecule has 23 nitrogen and oxygen atoms in total. The number of carboxylic acids is 1. The first kappa shape index (κ1) is 62.9. The SMILES string of the molecule is CC1(C)CC2C3=CCC4[C@@]5(C)CC[C@H](O[C@@H]6OC(C(=O)O)[C@H](O)[C@H](O[C@@H]7OC[C@H](O)[C@H](O)C7O)C6O[C@@H]6OC(CO)[C@H](O)[C@H](O)C6O)C(C)(C)C5CC[C@@]4(C)[C@]3(C)[C@@H](O)[C@@H](O)[C@@]2(CO)[C@@H](OC(=O)c2ccccc2)[C@@H]1OC(=O)c1ccccc1. The molecule has 0 spiro atoms.